The first-order valence-corrected chi connectivity index (χ1v) is 10.7. The number of amides is 2. The Morgan fingerprint density at radius 2 is 1.93 bits per heavy atom. The molecule has 0 bridgehead atoms. The number of anilines is 2. The summed E-state index contributed by atoms with van der Waals surface area (Å²) in [4.78, 5) is 29.1. The molecule has 158 valence electrons. The van der Waals surface area contributed by atoms with E-state index >= 15 is 0 Å². The van der Waals surface area contributed by atoms with Crippen LogP contribution in [0.15, 0.2) is 48.5 Å². The van der Waals surface area contributed by atoms with Gasteiger partial charge in [0.05, 0.1) is 30.1 Å². The van der Waals surface area contributed by atoms with Crippen molar-refractivity contribution >= 4 is 34.8 Å². The van der Waals surface area contributed by atoms with Crippen LogP contribution in [0.3, 0.4) is 0 Å². The third-order valence-corrected chi connectivity index (χ3v) is 6.04. The van der Waals surface area contributed by atoms with Gasteiger partial charge in [0.15, 0.2) is 0 Å². The van der Waals surface area contributed by atoms with Crippen molar-refractivity contribution in [3.63, 3.8) is 0 Å². The second-order valence-electron chi connectivity index (χ2n) is 7.74. The summed E-state index contributed by atoms with van der Waals surface area (Å²) in [5.41, 5.74) is 2.49. The molecule has 0 saturated carbocycles. The van der Waals surface area contributed by atoms with Gasteiger partial charge < -0.3 is 15.0 Å². The highest BCUT2D eigenvalue weighted by Gasteiger charge is 2.30. The fourth-order valence-electron chi connectivity index (χ4n) is 4.02. The lowest BCUT2D eigenvalue weighted by molar-refractivity contribution is -0.124. The molecule has 2 fully saturated rings. The van der Waals surface area contributed by atoms with Gasteiger partial charge in [-0.15, -0.1) is 0 Å². The summed E-state index contributed by atoms with van der Waals surface area (Å²) in [6.07, 6.45) is 1.30. The van der Waals surface area contributed by atoms with Crippen molar-refractivity contribution in [2.45, 2.75) is 31.9 Å². The minimum absolute atomic E-state index is 0.0918. The topological polar surface area (TPSA) is 61.9 Å². The van der Waals surface area contributed by atoms with Crippen molar-refractivity contribution in [3.8, 4) is 0 Å². The summed E-state index contributed by atoms with van der Waals surface area (Å²) >= 11 is 5.99. The molecule has 0 unspecified atom stereocenters. The molecule has 2 aromatic rings. The number of nitrogens with one attached hydrogen (secondary N) is 1. The third kappa shape index (κ3) is 4.51. The Kier molecular flexibility index (Phi) is 6.37. The van der Waals surface area contributed by atoms with Gasteiger partial charge in [-0.25, -0.2) is 0 Å². The van der Waals surface area contributed by atoms with Crippen LogP contribution in [0.1, 0.15) is 31.4 Å². The van der Waals surface area contributed by atoms with Crippen LogP contribution in [0.25, 0.3) is 0 Å². The first kappa shape index (κ1) is 20.8. The largest absolute Gasteiger partial charge is 0.371 e. The number of hydrogen-bond acceptors (Lipinski definition) is 4. The van der Waals surface area contributed by atoms with Crippen LogP contribution in [0.4, 0.5) is 11.4 Å². The molecular formula is C23H26ClN3O3. The summed E-state index contributed by atoms with van der Waals surface area (Å²) in [5.74, 6) is 0.00888. The van der Waals surface area contributed by atoms with Crippen LogP contribution in [0, 0.1) is 0 Å². The van der Waals surface area contributed by atoms with Gasteiger partial charge >= 0.3 is 0 Å². The van der Waals surface area contributed by atoms with E-state index < -0.39 is 0 Å². The molecule has 2 saturated heterocycles. The van der Waals surface area contributed by atoms with Crippen LogP contribution < -0.4 is 10.2 Å². The number of halogens is 1. The molecule has 0 radical (unpaired) electrons. The van der Waals surface area contributed by atoms with E-state index in [0.29, 0.717) is 43.4 Å². The van der Waals surface area contributed by atoms with E-state index in [2.05, 4.69) is 10.2 Å². The lowest BCUT2D eigenvalue weighted by atomic mass is 10.1. The van der Waals surface area contributed by atoms with Crippen LogP contribution in [-0.2, 0) is 14.3 Å². The monoisotopic (exact) mass is 427 g/mol. The van der Waals surface area contributed by atoms with Gasteiger partial charge in [-0.3, -0.25) is 14.5 Å². The van der Waals surface area contributed by atoms with Crippen LogP contribution in [-0.4, -0.2) is 49.0 Å². The molecule has 1 N–H and O–H groups in total. The molecule has 4 rings (SSSR count). The van der Waals surface area contributed by atoms with Crippen molar-refractivity contribution in [3.05, 3.63) is 59.1 Å². The van der Waals surface area contributed by atoms with Gasteiger partial charge in [0, 0.05) is 31.1 Å². The van der Waals surface area contributed by atoms with Crippen molar-refractivity contribution in [2.75, 3.05) is 36.5 Å². The number of carbonyl (C=O) groups is 2. The first-order valence-electron chi connectivity index (χ1n) is 10.3. The number of carbonyl (C=O) groups excluding carboxylic acids is 2. The number of benzene rings is 2. The second-order valence-corrected chi connectivity index (χ2v) is 8.17. The number of nitrogens with zero attached hydrogens (tertiary/aromatic N) is 2. The van der Waals surface area contributed by atoms with Gasteiger partial charge in [0.25, 0.3) is 0 Å². The predicted octanol–water partition coefficient (Wildman–Crippen LogP) is 3.87. The number of hydrogen-bond donors (Lipinski definition) is 1. The van der Waals surface area contributed by atoms with E-state index in [0.717, 1.165) is 17.7 Å². The fourth-order valence-corrected chi connectivity index (χ4v) is 4.15. The first-order chi connectivity index (χ1) is 14.5. The Balaban J connectivity index is 1.44. The van der Waals surface area contributed by atoms with Gasteiger partial charge in [-0.05, 0) is 43.2 Å². The van der Waals surface area contributed by atoms with Crippen LogP contribution in [0.5, 0.6) is 0 Å². The van der Waals surface area contributed by atoms with Gasteiger partial charge in [0.1, 0.15) is 0 Å². The number of rotatable bonds is 5. The Bertz CT molecular complexity index is 918. The molecule has 2 aliphatic heterocycles. The quantitative estimate of drug-likeness (QED) is 0.786. The lowest BCUT2D eigenvalue weighted by Gasteiger charge is -2.36. The Hall–Kier alpha value is -2.41. The molecule has 2 heterocycles. The van der Waals surface area contributed by atoms with Crippen molar-refractivity contribution < 1.29 is 14.3 Å². The molecule has 2 atom stereocenters. The molecule has 0 aromatic heterocycles. The summed E-state index contributed by atoms with van der Waals surface area (Å²) in [6.45, 7) is 4.47. The summed E-state index contributed by atoms with van der Waals surface area (Å²) in [7, 11) is 0. The Morgan fingerprint density at radius 1 is 1.17 bits per heavy atom. The van der Waals surface area contributed by atoms with E-state index in [1.807, 2.05) is 55.5 Å². The summed E-state index contributed by atoms with van der Waals surface area (Å²) in [5, 5.41) is 3.72. The maximum Gasteiger partial charge on any atom is 0.241 e. The van der Waals surface area contributed by atoms with Crippen molar-refractivity contribution in [2.24, 2.45) is 0 Å². The number of ether oxygens (including phenoxy) is 1. The second kappa shape index (κ2) is 9.16. The SMILES string of the molecule is C[C@@H](C(=O)Nc1ccccc1N1CCCC1=O)N1CCO[C@@H](c2ccc(Cl)cc2)C1. The molecule has 2 aromatic carbocycles. The molecule has 0 aliphatic carbocycles. The average Bonchev–Trinajstić information content (AvgIpc) is 3.20. The molecule has 7 heteroatoms. The summed E-state index contributed by atoms with van der Waals surface area (Å²) < 4.78 is 5.92. The molecule has 0 spiro atoms. The minimum atomic E-state index is -0.328. The summed E-state index contributed by atoms with van der Waals surface area (Å²) in [6, 6.07) is 14.8. The number of morpholine rings is 1. The predicted molar refractivity (Wildman–Crippen MR) is 118 cm³/mol. The molecular weight excluding hydrogens is 402 g/mol. The average molecular weight is 428 g/mol. The van der Waals surface area contributed by atoms with Crippen molar-refractivity contribution in [1.29, 1.82) is 0 Å². The Morgan fingerprint density at radius 3 is 2.67 bits per heavy atom. The van der Waals surface area contributed by atoms with Crippen molar-refractivity contribution in [1.82, 2.24) is 4.90 Å². The minimum Gasteiger partial charge on any atom is -0.371 e. The molecule has 6 nitrogen and oxygen atoms in total. The van der Waals surface area contributed by atoms with Gasteiger partial charge in [-0.2, -0.15) is 0 Å². The smallest absolute Gasteiger partial charge is 0.241 e. The van der Waals surface area contributed by atoms with E-state index in [1.165, 1.54) is 0 Å². The highest BCUT2D eigenvalue weighted by atomic mass is 35.5. The fraction of sp³-hybridized carbons (Fsp3) is 0.391. The van der Waals surface area contributed by atoms with E-state index in [9.17, 15) is 9.59 Å². The van der Waals surface area contributed by atoms with Crippen LogP contribution in [0.2, 0.25) is 5.02 Å². The highest BCUT2D eigenvalue weighted by Crippen LogP contribution is 2.30. The standard InChI is InChI=1S/C23H26ClN3O3/c1-16(26-13-14-30-21(15-26)17-8-10-18(24)11-9-17)23(29)25-19-5-2-3-6-20(19)27-12-4-7-22(27)28/h2-3,5-6,8-11,16,21H,4,7,12-15H2,1H3,(H,25,29)/t16-,21+/m0/s1. The normalized spacial score (nSPS) is 20.9. The molecule has 2 amide bonds. The zero-order chi connectivity index (χ0) is 21.1. The number of para-hydroxylation sites is 2. The highest BCUT2D eigenvalue weighted by molar-refractivity contribution is 6.30. The maximum absolute atomic E-state index is 13.0. The van der Waals surface area contributed by atoms with E-state index in [4.69, 9.17) is 16.3 Å². The van der Waals surface area contributed by atoms with Gasteiger partial charge in [-0.1, -0.05) is 35.9 Å². The van der Waals surface area contributed by atoms with E-state index in [-0.39, 0.29) is 24.0 Å². The van der Waals surface area contributed by atoms with E-state index in [1.54, 1.807) is 4.90 Å². The zero-order valence-electron chi connectivity index (χ0n) is 17.0. The maximum atomic E-state index is 13.0. The lowest BCUT2D eigenvalue weighted by Crippen LogP contribution is -2.48. The molecule has 2 aliphatic rings. The zero-order valence-corrected chi connectivity index (χ0v) is 17.8. The third-order valence-electron chi connectivity index (χ3n) is 5.79. The Labute approximate surface area is 181 Å². The molecule has 30 heavy (non-hydrogen) atoms. The van der Waals surface area contributed by atoms with Crippen LogP contribution >= 0.6 is 11.6 Å². The van der Waals surface area contributed by atoms with Gasteiger partial charge in [0.2, 0.25) is 11.8 Å².